The highest BCUT2D eigenvalue weighted by molar-refractivity contribution is 7.14. The summed E-state index contributed by atoms with van der Waals surface area (Å²) in [7, 11) is 0. The third kappa shape index (κ3) is 4.23. The number of carbonyl (C=O) groups is 1. The Morgan fingerprint density at radius 3 is 2.71 bits per heavy atom. The molecular weight excluding hydrogens is 360 g/mol. The molecule has 2 aromatic heterocycles. The predicted molar refractivity (Wildman–Crippen MR) is 102 cm³/mol. The molecule has 0 fully saturated rings. The quantitative estimate of drug-likeness (QED) is 0.631. The summed E-state index contributed by atoms with van der Waals surface area (Å²) in [6.07, 6.45) is 1.12. The summed E-state index contributed by atoms with van der Waals surface area (Å²) in [6.45, 7) is 2.05. The monoisotopic (exact) mass is 376 g/mol. The first-order valence-electron chi connectivity index (χ1n) is 7.67. The van der Waals surface area contributed by atoms with Crippen molar-refractivity contribution < 1.29 is 4.79 Å². The summed E-state index contributed by atoms with van der Waals surface area (Å²) in [6, 6.07) is 9.63. The van der Waals surface area contributed by atoms with Crippen molar-refractivity contribution in [1.82, 2.24) is 10.3 Å². The summed E-state index contributed by atoms with van der Waals surface area (Å²) in [4.78, 5) is 16.9. The van der Waals surface area contributed by atoms with Crippen molar-refractivity contribution in [3.05, 3.63) is 62.8 Å². The molecule has 0 aliphatic rings. The van der Waals surface area contributed by atoms with Crippen LogP contribution in [0, 0.1) is 0 Å². The van der Waals surface area contributed by atoms with Crippen LogP contribution in [-0.4, -0.2) is 10.9 Å². The zero-order valence-corrected chi connectivity index (χ0v) is 15.5. The lowest BCUT2D eigenvalue weighted by Crippen LogP contribution is -2.29. The molecule has 24 heavy (non-hydrogen) atoms. The smallest absolute Gasteiger partial charge is 0.226 e. The number of thiophene rings is 1. The van der Waals surface area contributed by atoms with Gasteiger partial charge in [-0.05, 0) is 35.6 Å². The molecule has 0 radical (unpaired) electrons. The number of thiazole rings is 1. The van der Waals surface area contributed by atoms with E-state index in [2.05, 4.69) is 22.6 Å². The fraction of sp³-hybridized carbons (Fsp3) is 0.222. The number of amides is 1. The molecule has 3 rings (SSSR count). The second-order valence-corrected chi connectivity index (χ2v) is 7.49. The minimum absolute atomic E-state index is 0.00949. The lowest BCUT2D eigenvalue weighted by atomic mass is 10.0. The fourth-order valence-corrected chi connectivity index (χ4v) is 4.09. The van der Waals surface area contributed by atoms with Crippen molar-refractivity contribution in [2.24, 2.45) is 0 Å². The van der Waals surface area contributed by atoms with Crippen molar-refractivity contribution in [3.63, 3.8) is 0 Å². The Hall–Kier alpha value is -1.69. The second-order valence-electron chi connectivity index (χ2n) is 5.41. The van der Waals surface area contributed by atoms with Crippen LogP contribution in [0.4, 0.5) is 0 Å². The van der Waals surface area contributed by atoms with E-state index in [1.54, 1.807) is 22.7 Å². The van der Waals surface area contributed by atoms with Crippen LogP contribution >= 0.6 is 34.3 Å². The number of benzene rings is 1. The van der Waals surface area contributed by atoms with E-state index >= 15 is 0 Å². The molecule has 3 aromatic rings. The zero-order chi connectivity index (χ0) is 16.9. The summed E-state index contributed by atoms with van der Waals surface area (Å²) >= 11 is 9.14. The van der Waals surface area contributed by atoms with Crippen molar-refractivity contribution in [2.45, 2.75) is 25.8 Å². The Morgan fingerprint density at radius 2 is 2.04 bits per heavy atom. The molecule has 1 N–H and O–H groups in total. The summed E-state index contributed by atoms with van der Waals surface area (Å²) in [5.74, 6) is -0.0148. The van der Waals surface area contributed by atoms with Gasteiger partial charge in [-0.2, -0.15) is 11.3 Å². The molecule has 1 unspecified atom stereocenters. The van der Waals surface area contributed by atoms with Crippen LogP contribution in [0.1, 0.15) is 30.6 Å². The first-order chi connectivity index (χ1) is 11.7. The van der Waals surface area contributed by atoms with E-state index in [1.165, 1.54) is 0 Å². The minimum Gasteiger partial charge on any atom is -0.349 e. The molecule has 1 atom stereocenters. The summed E-state index contributed by atoms with van der Waals surface area (Å²) in [5.41, 5.74) is 2.99. The Morgan fingerprint density at radius 1 is 1.25 bits per heavy atom. The number of nitrogens with zero attached hydrogens (tertiary/aromatic N) is 1. The topological polar surface area (TPSA) is 42.0 Å². The molecule has 1 aromatic carbocycles. The Balaban J connectivity index is 1.63. The highest BCUT2D eigenvalue weighted by Gasteiger charge is 2.15. The largest absolute Gasteiger partial charge is 0.349 e. The van der Waals surface area contributed by atoms with Crippen LogP contribution in [0.25, 0.3) is 10.6 Å². The molecule has 1 amide bonds. The van der Waals surface area contributed by atoms with Crippen LogP contribution in [-0.2, 0) is 11.2 Å². The molecule has 0 aliphatic carbocycles. The van der Waals surface area contributed by atoms with Gasteiger partial charge in [0.25, 0.3) is 0 Å². The normalized spacial score (nSPS) is 12.1. The molecule has 2 heterocycles. The van der Waals surface area contributed by atoms with E-state index < -0.39 is 0 Å². The molecule has 3 nitrogen and oxygen atoms in total. The number of rotatable bonds is 6. The number of carbonyl (C=O) groups excluding carboxylic acids is 1. The van der Waals surface area contributed by atoms with Gasteiger partial charge in [0.05, 0.1) is 18.2 Å². The third-order valence-corrected chi connectivity index (χ3v) is 5.55. The van der Waals surface area contributed by atoms with E-state index in [-0.39, 0.29) is 11.9 Å². The first-order valence-corrected chi connectivity index (χ1v) is 9.87. The van der Waals surface area contributed by atoms with E-state index in [1.807, 2.05) is 41.1 Å². The second kappa shape index (κ2) is 7.92. The maximum Gasteiger partial charge on any atom is 0.226 e. The van der Waals surface area contributed by atoms with Crippen LogP contribution in [0.15, 0.2) is 46.5 Å². The number of hydrogen-bond donors (Lipinski definition) is 1. The van der Waals surface area contributed by atoms with Crippen molar-refractivity contribution in [3.8, 4) is 10.6 Å². The fourth-order valence-electron chi connectivity index (χ4n) is 2.43. The molecule has 124 valence electrons. The van der Waals surface area contributed by atoms with Gasteiger partial charge in [0.15, 0.2) is 0 Å². The van der Waals surface area contributed by atoms with E-state index in [0.29, 0.717) is 11.4 Å². The average molecular weight is 377 g/mol. The van der Waals surface area contributed by atoms with Gasteiger partial charge in [-0.15, -0.1) is 11.3 Å². The maximum atomic E-state index is 12.3. The van der Waals surface area contributed by atoms with E-state index in [4.69, 9.17) is 11.6 Å². The molecule has 6 heteroatoms. The van der Waals surface area contributed by atoms with Gasteiger partial charge in [0, 0.05) is 21.3 Å². The molecule has 0 spiro atoms. The maximum absolute atomic E-state index is 12.3. The standard InChI is InChI=1S/C18H17ClN2OS2/c1-2-16(12-3-5-14(19)6-4-12)21-17(22)9-15-11-24-18(20-15)13-7-8-23-10-13/h3-8,10-11,16H,2,9H2,1H3,(H,21,22). The average Bonchev–Trinajstić information content (AvgIpc) is 3.24. The lowest BCUT2D eigenvalue weighted by Gasteiger charge is -2.17. The van der Waals surface area contributed by atoms with Gasteiger partial charge in [-0.3, -0.25) is 4.79 Å². The number of nitrogens with one attached hydrogen (secondary N) is 1. The zero-order valence-electron chi connectivity index (χ0n) is 13.2. The van der Waals surface area contributed by atoms with E-state index in [9.17, 15) is 4.79 Å². The molecule has 0 saturated carbocycles. The lowest BCUT2D eigenvalue weighted by molar-refractivity contribution is -0.121. The van der Waals surface area contributed by atoms with Crippen LogP contribution in [0.3, 0.4) is 0 Å². The highest BCUT2D eigenvalue weighted by Crippen LogP contribution is 2.26. The molecule has 0 bridgehead atoms. The number of aromatic nitrogens is 1. The number of halogens is 1. The Kier molecular flexibility index (Phi) is 5.66. The minimum atomic E-state index is -0.0148. The molecular formula is C18H17ClN2OS2. The first kappa shape index (κ1) is 17.1. The van der Waals surface area contributed by atoms with Gasteiger partial charge in [-0.1, -0.05) is 30.7 Å². The summed E-state index contributed by atoms with van der Waals surface area (Å²) < 4.78 is 0. The Labute approximate surface area is 154 Å². The molecule has 0 saturated heterocycles. The molecule has 0 aliphatic heterocycles. The summed E-state index contributed by atoms with van der Waals surface area (Å²) in [5, 5.41) is 10.8. The highest BCUT2D eigenvalue weighted by atomic mass is 35.5. The SMILES string of the molecule is CCC(NC(=O)Cc1csc(-c2ccsc2)n1)c1ccc(Cl)cc1. The Bertz CT molecular complexity index is 797. The predicted octanol–water partition coefficient (Wildman–Crippen LogP) is 5.34. The van der Waals surface area contributed by atoms with Gasteiger partial charge >= 0.3 is 0 Å². The van der Waals surface area contributed by atoms with Gasteiger partial charge in [0.1, 0.15) is 5.01 Å². The number of hydrogen-bond acceptors (Lipinski definition) is 4. The van der Waals surface area contributed by atoms with Crippen molar-refractivity contribution in [1.29, 1.82) is 0 Å². The van der Waals surface area contributed by atoms with Crippen LogP contribution < -0.4 is 5.32 Å². The van der Waals surface area contributed by atoms with Gasteiger partial charge < -0.3 is 5.32 Å². The third-order valence-electron chi connectivity index (χ3n) is 3.68. The van der Waals surface area contributed by atoms with E-state index in [0.717, 1.165) is 28.2 Å². The van der Waals surface area contributed by atoms with Crippen molar-refractivity contribution in [2.75, 3.05) is 0 Å². The van der Waals surface area contributed by atoms with Crippen LogP contribution in [0.5, 0.6) is 0 Å². The van der Waals surface area contributed by atoms with Gasteiger partial charge in [-0.25, -0.2) is 4.98 Å². The van der Waals surface area contributed by atoms with Gasteiger partial charge in [0.2, 0.25) is 5.91 Å². The van der Waals surface area contributed by atoms with Crippen LogP contribution in [0.2, 0.25) is 5.02 Å². The van der Waals surface area contributed by atoms with Crippen molar-refractivity contribution >= 4 is 40.2 Å².